The molecule has 1 heterocycles. The highest BCUT2D eigenvalue weighted by atomic mass is 79.9. The monoisotopic (exact) mass is 448 g/mol. The molecular formula is C19H17BrN2O4S. The Kier molecular flexibility index (Phi) is 6.08. The first-order valence-electron chi connectivity index (χ1n) is 8.28. The molecule has 0 atom stereocenters. The molecular weight excluding hydrogens is 432 g/mol. The molecule has 27 heavy (non-hydrogen) atoms. The second-order valence-electron chi connectivity index (χ2n) is 5.97. The van der Waals surface area contributed by atoms with Crippen molar-refractivity contribution >= 4 is 56.1 Å². The Hall–Kier alpha value is -2.45. The Bertz CT molecular complexity index is 936. The number of amides is 2. The lowest BCUT2D eigenvalue weighted by Crippen LogP contribution is -2.22. The van der Waals surface area contributed by atoms with Gasteiger partial charge in [-0.2, -0.15) is 0 Å². The zero-order chi connectivity index (χ0) is 19.4. The van der Waals surface area contributed by atoms with Gasteiger partial charge in [-0.1, -0.05) is 28.1 Å². The second-order valence-corrected chi connectivity index (χ2v) is 7.99. The van der Waals surface area contributed by atoms with E-state index in [1.807, 2.05) is 24.3 Å². The van der Waals surface area contributed by atoms with E-state index in [1.54, 1.807) is 6.08 Å². The lowest BCUT2D eigenvalue weighted by atomic mass is 10.1. The standard InChI is InChI=1S/C19H17BrN2O4S/c20-12-4-1-3-11(9-12)7-8-16(24)26-10-15(23)22-19-17(18(21)25)13-5-2-6-14(13)27-19/h1,3-4,7-9H,2,5-6,10H2,(H2,21,25)(H,22,23)/b8-7+. The van der Waals surface area contributed by atoms with Gasteiger partial charge in [0.05, 0.1) is 5.56 Å². The SMILES string of the molecule is NC(=O)c1c(NC(=O)COC(=O)/C=C/c2cccc(Br)c2)sc2c1CCC2. The van der Waals surface area contributed by atoms with Crippen molar-refractivity contribution < 1.29 is 19.1 Å². The number of thiophene rings is 1. The highest BCUT2D eigenvalue weighted by molar-refractivity contribution is 9.10. The Morgan fingerprint density at radius 3 is 2.85 bits per heavy atom. The van der Waals surface area contributed by atoms with Crippen LogP contribution in [-0.2, 0) is 27.2 Å². The van der Waals surface area contributed by atoms with Crippen LogP contribution in [0.25, 0.3) is 6.08 Å². The Balaban J connectivity index is 1.56. The average molecular weight is 449 g/mol. The quantitative estimate of drug-likeness (QED) is 0.522. The molecule has 2 aromatic rings. The van der Waals surface area contributed by atoms with E-state index in [4.69, 9.17) is 10.5 Å². The van der Waals surface area contributed by atoms with Crippen LogP contribution in [0.4, 0.5) is 5.00 Å². The number of anilines is 1. The summed E-state index contributed by atoms with van der Waals surface area (Å²) in [5, 5.41) is 3.06. The van der Waals surface area contributed by atoms with Crippen molar-refractivity contribution in [1.82, 2.24) is 0 Å². The number of primary amides is 1. The summed E-state index contributed by atoms with van der Waals surface area (Å²) in [5.41, 5.74) is 7.58. The van der Waals surface area contributed by atoms with Gasteiger partial charge in [-0.05, 0) is 48.6 Å². The molecule has 140 valence electrons. The van der Waals surface area contributed by atoms with E-state index in [0.717, 1.165) is 39.7 Å². The number of rotatable bonds is 6. The topological polar surface area (TPSA) is 98.5 Å². The third-order valence-corrected chi connectivity index (χ3v) is 5.73. The largest absolute Gasteiger partial charge is 0.452 e. The minimum Gasteiger partial charge on any atom is -0.452 e. The van der Waals surface area contributed by atoms with E-state index in [1.165, 1.54) is 17.4 Å². The second kappa shape index (κ2) is 8.49. The Morgan fingerprint density at radius 1 is 1.30 bits per heavy atom. The highest BCUT2D eigenvalue weighted by Crippen LogP contribution is 2.38. The summed E-state index contributed by atoms with van der Waals surface area (Å²) in [7, 11) is 0. The van der Waals surface area contributed by atoms with Gasteiger partial charge in [0.25, 0.3) is 11.8 Å². The van der Waals surface area contributed by atoms with Crippen molar-refractivity contribution in [2.75, 3.05) is 11.9 Å². The number of aryl methyl sites for hydroxylation is 1. The maximum Gasteiger partial charge on any atom is 0.331 e. The van der Waals surface area contributed by atoms with Gasteiger partial charge in [-0.15, -0.1) is 11.3 Å². The average Bonchev–Trinajstić information content (AvgIpc) is 3.18. The molecule has 0 saturated heterocycles. The van der Waals surface area contributed by atoms with Gasteiger partial charge in [-0.25, -0.2) is 4.79 Å². The van der Waals surface area contributed by atoms with Crippen LogP contribution in [0.2, 0.25) is 0 Å². The van der Waals surface area contributed by atoms with Gasteiger partial charge in [0.2, 0.25) is 0 Å². The fraction of sp³-hybridized carbons (Fsp3) is 0.211. The van der Waals surface area contributed by atoms with E-state index in [9.17, 15) is 14.4 Å². The summed E-state index contributed by atoms with van der Waals surface area (Å²) in [6.07, 6.45) is 5.50. The highest BCUT2D eigenvalue weighted by Gasteiger charge is 2.26. The first-order chi connectivity index (χ1) is 12.9. The fourth-order valence-corrected chi connectivity index (χ4v) is 4.60. The number of hydrogen-bond donors (Lipinski definition) is 2. The van der Waals surface area contributed by atoms with Crippen molar-refractivity contribution in [3.63, 3.8) is 0 Å². The molecule has 0 aliphatic heterocycles. The molecule has 0 saturated carbocycles. The number of fused-ring (bicyclic) bond motifs is 1. The van der Waals surface area contributed by atoms with Gasteiger partial charge in [0, 0.05) is 15.4 Å². The molecule has 1 aliphatic carbocycles. The lowest BCUT2D eigenvalue weighted by Gasteiger charge is -2.06. The summed E-state index contributed by atoms with van der Waals surface area (Å²) in [6, 6.07) is 7.40. The summed E-state index contributed by atoms with van der Waals surface area (Å²) < 4.78 is 5.84. The van der Waals surface area contributed by atoms with E-state index in [0.29, 0.717) is 10.6 Å². The Labute approximate surface area is 168 Å². The molecule has 0 bridgehead atoms. The molecule has 2 amide bonds. The smallest absolute Gasteiger partial charge is 0.331 e. The molecule has 0 fully saturated rings. The van der Waals surface area contributed by atoms with Crippen molar-refractivity contribution in [2.45, 2.75) is 19.3 Å². The van der Waals surface area contributed by atoms with Crippen LogP contribution in [0.15, 0.2) is 34.8 Å². The maximum absolute atomic E-state index is 12.1. The molecule has 0 unspecified atom stereocenters. The number of hydrogen-bond acceptors (Lipinski definition) is 5. The summed E-state index contributed by atoms with van der Waals surface area (Å²) >= 11 is 4.70. The predicted molar refractivity (Wildman–Crippen MR) is 108 cm³/mol. The summed E-state index contributed by atoms with van der Waals surface area (Å²) in [6.45, 7) is -0.442. The lowest BCUT2D eigenvalue weighted by molar-refractivity contribution is -0.142. The molecule has 0 spiro atoms. The number of nitrogens with two attached hydrogens (primary N) is 1. The van der Waals surface area contributed by atoms with E-state index < -0.39 is 24.4 Å². The third kappa shape index (κ3) is 4.84. The Morgan fingerprint density at radius 2 is 2.11 bits per heavy atom. The predicted octanol–water partition coefficient (Wildman–Crippen LogP) is 3.29. The van der Waals surface area contributed by atoms with Gasteiger partial charge in [0.15, 0.2) is 6.61 Å². The summed E-state index contributed by atoms with van der Waals surface area (Å²) in [4.78, 5) is 36.6. The minimum atomic E-state index is -0.631. The van der Waals surface area contributed by atoms with Crippen LogP contribution in [0.5, 0.6) is 0 Å². The number of carbonyl (C=O) groups is 3. The van der Waals surface area contributed by atoms with Crippen molar-refractivity contribution in [1.29, 1.82) is 0 Å². The number of esters is 1. The van der Waals surface area contributed by atoms with Crippen LogP contribution in [0.1, 0.15) is 32.8 Å². The minimum absolute atomic E-state index is 0.377. The van der Waals surface area contributed by atoms with Crippen molar-refractivity contribution in [3.8, 4) is 0 Å². The first-order valence-corrected chi connectivity index (χ1v) is 9.89. The van der Waals surface area contributed by atoms with Gasteiger partial charge >= 0.3 is 5.97 Å². The number of carbonyl (C=O) groups excluding carboxylic acids is 3. The maximum atomic E-state index is 12.1. The van der Waals surface area contributed by atoms with Crippen LogP contribution in [-0.4, -0.2) is 24.4 Å². The number of halogens is 1. The molecule has 1 aromatic carbocycles. The third-order valence-electron chi connectivity index (χ3n) is 4.03. The van der Waals surface area contributed by atoms with Gasteiger partial charge in [0.1, 0.15) is 5.00 Å². The molecule has 8 heteroatoms. The number of benzene rings is 1. The van der Waals surface area contributed by atoms with Crippen LogP contribution >= 0.6 is 27.3 Å². The van der Waals surface area contributed by atoms with E-state index in [-0.39, 0.29) is 0 Å². The van der Waals surface area contributed by atoms with Crippen molar-refractivity contribution in [3.05, 3.63) is 56.4 Å². The first kappa shape index (κ1) is 19.3. The number of ether oxygens (including phenoxy) is 1. The molecule has 1 aromatic heterocycles. The van der Waals surface area contributed by atoms with Crippen molar-refractivity contribution in [2.24, 2.45) is 5.73 Å². The fourth-order valence-electron chi connectivity index (χ4n) is 2.88. The molecule has 3 N–H and O–H groups in total. The number of nitrogens with one attached hydrogen (secondary N) is 1. The molecule has 3 rings (SSSR count). The zero-order valence-corrected chi connectivity index (χ0v) is 16.7. The van der Waals surface area contributed by atoms with E-state index >= 15 is 0 Å². The van der Waals surface area contributed by atoms with Gasteiger partial charge in [-0.3, -0.25) is 9.59 Å². The zero-order valence-electron chi connectivity index (χ0n) is 14.3. The van der Waals surface area contributed by atoms with Crippen LogP contribution in [0.3, 0.4) is 0 Å². The van der Waals surface area contributed by atoms with Gasteiger partial charge < -0.3 is 15.8 Å². The van der Waals surface area contributed by atoms with Crippen LogP contribution in [0, 0.1) is 0 Å². The molecule has 6 nitrogen and oxygen atoms in total. The molecule has 0 radical (unpaired) electrons. The van der Waals surface area contributed by atoms with E-state index in [2.05, 4.69) is 21.2 Å². The summed E-state index contributed by atoms with van der Waals surface area (Å²) in [5.74, 6) is -1.70. The molecule has 1 aliphatic rings. The normalized spacial score (nSPS) is 12.8. The van der Waals surface area contributed by atoms with Crippen LogP contribution < -0.4 is 11.1 Å².